The molecule has 2 aromatic carbocycles. The Hall–Kier alpha value is -3.08. The summed E-state index contributed by atoms with van der Waals surface area (Å²) in [5, 5.41) is 14.7. The molecule has 0 spiro atoms. The standard InChI is InChI=1S/C23H26N2O3/c1-4-6-18(13-23(26)27)17-9-11-20(12-10-17)28-15-19-7-5-8-22-21(19)14-24-25(22)16(2)3/h4-12,14,16,18H,13,15H2,1-3H3,(H,26,27)/t18-/m1/s1. The average molecular weight is 378 g/mol. The van der Waals surface area contributed by atoms with Gasteiger partial charge >= 0.3 is 5.97 Å². The number of rotatable bonds is 8. The zero-order valence-corrected chi connectivity index (χ0v) is 16.5. The SMILES string of the molecule is CC=C[C@H](CC(=O)O)c1ccc(OCc2cccc3c2cnn3C(C)C)cc1. The lowest BCUT2D eigenvalue weighted by atomic mass is 9.95. The van der Waals surface area contributed by atoms with Gasteiger partial charge in [0.05, 0.1) is 18.1 Å². The summed E-state index contributed by atoms with van der Waals surface area (Å²) in [7, 11) is 0. The number of allylic oxidation sites excluding steroid dienone is 2. The highest BCUT2D eigenvalue weighted by molar-refractivity contribution is 5.82. The number of fused-ring (bicyclic) bond motifs is 1. The Kier molecular flexibility index (Phi) is 6.14. The quantitative estimate of drug-likeness (QED) is 0.538. The normalized spacial score (nSPS) is 12.7. The number of nitrogens with zero attached hydrogens (tertiary/aromatic N) is 2. The summed E-state index contributed by atoms with van der Waals surface area (Å²) in [5.41, 5.74) is 3.16. The molecule has 3 rings (SSSR count). The molecule has 5 nitrogen and oxygen atoms in total. The first-order valence-corrected chi connectivity index (χ1v) is 9.52. The van der Waals surface area contributed by atoms with Crippen LogP contribution < -0.4 is 4.74 Å². The van der Waals surface area contributed by atoms with Crippen LogP contribution in [0.25, 0.3) is 10.9 Å². The largest absolute Gasteiger partial charge is 0.489 e. The van der Waals surface area contributed by atoms with Gasteiger partial charge in [0.15, 0.2) is 0 Å². The molecule has 0 amide bonds. The van der Waals surface area contributed by atoms with Crippen molar-refractivity contribution in [1.29, 1.82) is 0 Å². The molecular weight excluding hydrogens is 352 g/mol. The molecule has 1 N–H and O–H groups in total. The number of ether oxygens (including phenoxy) is 1. The minimum Gasteiger partial charge on any atom is -0.489 e. The van der Waals surface area contributed by atoms with Gasteiger partial charge in [-0.3, -0.25) is 9.48 Å². The summed E-state index contributed by atoms with van der Waals surface area (Å²) in [5.74, 6) is -0.183. The molecule has 0 aliphatic heterocycles. The van der Waals surface area contributed by atoms with Gasteiger partial charge < -0.3 is 9.84 Å². The first-order chi connectivity index (χ1) is 13.5. The third kappa shape index (κ3) is 4.42. The summed E-state index contributed by atoms with van der Waals surface area (Å²) in [4.78, 5) is 11.1. The average Bonchev–Trinajstić information content (AvgIpc) is 3.11. The Morgan fingerprint density at radius 2 is 1.96 bits per heavy atom. The number of hydrogen-bond acceptors (Lipinski definition) is 3. The van der Waals surface area contributed by atoms with Gasteiger partial charge in [-0.15, -0.1) is 0 Å². The highest BCUT2D eigenvalue weighted by atomic mass is 16.5. The first-order valence-electron chi connectivity index (χ1n) is 9.52. The number of benzene rings is 2. The number of aromatic nitrogens is 2. The Bertz CT molecular complexity index is 971. The molecular formula is C23H26N2O3. The molecule has 146 valence electrons. The lowest BCUT2D eigenvalue weighted by Crippen LogP contribution is -2.04. The summed E-state index contributed by atoms with van der Waals surface area (Å²) < 4.78 is 7.99. The van der Waals surface area contributed by atoms with Crippen molar-refractivity contribution in [3.8, 4) is 5.75 Å². The van der Waals surface area contributed by atoms with E-state index in [1.807, 2.05) is 60.3 Å². The highest BCUT2D eigenvalue weighted by Crippen LogP contribution is 2.26. The first kappa shape index (κ1) is 19.7. The van der Waals surface area contributed by atoms with Gasteiger partial charge in [-0.25, -0.2) is 0 Å². The number of carboxylic acid groups (broad SMARTS) is 1. The van der Waals surface area contributed by atoms with Crippen molar-refractivity contribution in [1.82, 2.24) is 9.78 Å². The number of carboxylic acids is 1. The zero-order chi connectivity index (χ0) is 20.1. The van der Waals surface area contributed by atoms with E-state index in [0.29, 0.717) is 12.6 Å². The van der Waals surface area contributed by atoms with E-state index >= 15 is 0 Å². The van der Waals surface area contributed by atoms with Crippen LogP contribution in [0.15, 0.2) is 60.8 Å². The fourth-order valence-corrected chi connectivity index (χ4v) is 3.36. The molecule has 0 radical (unpaired) electrons. The van der Waals surface area contributed by atoms with Crippen LogP contribution in [0.4, 0.5) is 0 Å². The molecule has 28 heavy (non-hydrogen) atoms. The van der Waals surface area contributed by atoms with E-state index in [1.54, 1.807) is 0 Å². The number of aliphatic carboxylic acids is 1. The molecule has 0 fully saturated rings. The summed E-state index contributed by atoms with van der Waals surface area (Å²) in [6, 6.07) is 14.1. The van der Waals surface area contributed by atoms with Crippen LogP contribution in [0, 0.1) is 0 Å². The summed E-state index contributed by atoms with van der Waals surface area (Å²) in [6.07, 6.45) is 5.77. The second kappa shape index (κ2) is 8.74. The van der Waals surface area contributed by atoms with Gasteiger partial charge in [0.25, 0.3) is 0 Å². The predicted octanol–water partition coefficient (Wildman–Crippen LogP) is 5.33. The third-order valence-corrected chi connectivity index (χ3v) is 4.74. The number of hydrogen-bond donors (Lipinski definition) is 1. The maximum atomic E-state index is 11.1. The van der Waals surface area contributed by atoms with Crippen molar-refractivity contribution in [3.63, 3.8) is 0 Å². The molecule has 1 heterocycles. The molecule has 0 saturated heterocycles. The van der Waals surface area contributed by atoms with E-state index in [0.717, 1.165) is 27.8 Å². The van der Waals surface area contributed by atoms with E-state index in [-0.39, 0.29) is 12.3 Å². The third-order valence-electron chi connectivity index (χ3n) is 4.74. The molecule has 0 bridgehead atoms. The van der Waals surface area contributed by atoms with Gasteiger partial charge in [-0.1, -0.05) is 36.4 Å². The Morgan fingerprint density at radius 1 is 1.21 bits per heavy atom. The second-order valence-corrected chi connectivity index (χ2v) is 7.12. The van der Waals surface area contributed by atoms with E-state index < -0.39 is 5.97 Å². The van der Waals surface area contributed by atoms with E-state index in [4.69, 9.17) is 9.84 Å². The molecule has 1 atom stereocenters. The Morgan fingerprint density at radius 3 is 2.61 bits per heavy atom. The van der Waals surface area contributed by atoms with Crippen molar-refractivity contribution in [2.75, 3.05) is 0 Å². The van der Waals surface area contributed by atoms with E-state index in [1.165, 1.54) is 0 Å². The molecule has 0 aliphatic carbocycles. The smallest absolute Gasteiger partial charge is 0.304 e. The minimum absolute atomic E-state index is 0.0758. The van der Waals surface area contributed by atoms with Gasteiger partial charge in [-0.05, 0) is 44.5 Å². The lowest BCUT2D eigenvalue weighted by molar-refractivity contribution is -0.137. The predicted molar refractivity (Wildman–Crippen MR) is 111 cm³/mol. The summed E-state index contributed by atoms with van der Waals surface area (Å²) >= 11 is 0. The minimum atomic E-state index is -0.807. The second-order valence-electron chi connectivity index (χ2n) is 7.12. The topological polar surface area (TPSA) is 64.3 Å². The fraction of sp³-hybridized carbons (Fsp3) is 0.304. The van der Waals surface area contributed by atoms with E-state index in [9.17, 15) is 4.79 Å². The van der Waals surface area contributed by atoms with Crippen LogP contribution in [0.1, 0.15) is 50.3 Å². The maximum absolute atomic E-state index is 11.1. The van der Waals surface area contributed by atoms with Crippen molar-refractivity contribution >= 4 is 16.9 Å². The molecule has 0 unspecified atom stereocenters. The van der Waals surface area contributed by atoms with Crippen LogP contribution in [0.3, 0.4) is 0 Å². The van der Waals surface area contributed by atoms with Gasteiger partial charge in [-0.2, -0.15) is 5.10 Å². The van der Waals surface area contributed by atoms with Gasteiger partial charge in [0.1, 0.15) is 12.4 Å². The Labute approximate surface area is 165 Å². The van der Waals surface area contributed by atoms with Crippen molar-refractivity contribution in [3.05, 3.63) is 71.9 Å². The van der Waals surface area contributed by atoms with Crippen LogP contribution in [-0.4, -0.2) is 20.9 Å². The van der Waals surface area contributed by atoms with Gasteiger partial charge in [0.2, 0.25) is 0 Å². The van der Waals surface area contributed by atoms with Crippen molar-refractivity contribution in [2.45, 2.75) is 45.8 Å². The maximum Gasteiger partial charge on any atom is 0.304 e. The lowest BCUT2D eigenvalue weighted by Gasteiger charge is -2.13. The van der Waals surface area contributed by atoms with Crippen LogP contribution in [0.2, 0.25) is 0 Å². The molecule has 1 aromatic heterocycles. The Balaban J connectivity index is 1.73. The molecule has 5 heteroatoms. The molecule has 0 aliphatic rings. The van der Waals surface area contributed by atoms with Crippen molar-refractivity contribution in [2.24, 2.45) is 0 Å². The van der Waals surface area contributed by atoms with Crippen LogP contribution in [0.5, 0.6) is 5.75 Å². The highest BCUT2D eigenvalue weighted by Gasteiger charge is 2.13. The van der Waals surface area contributed by atoms with Gasteiger partial charge in [0, 0.05) is 22.9 Å². The van der Waals surface area contributed by atoms with E-state index in [2.05, 4.69) is 31.1 Å². The summed E-state index contributed by atoms with van der Waals surface area (Å²) in [6.45, 7) is 6.58. The van der Waals surface area contributed by atoms with Crippen molar-refractivity contribution < 1.29 is 14.6 Å². The molecule has 0 saturated carbocycles. The zero-order valence-electron chi connectivity index (χ0n) is 16.5. The number of carbonyl (C=O) groups is 1. The molecule has 3 aromatic rings. The van der Waals surface area contributed by atoms with Crippen LogP contribution in [-0.2, 0) is 11.4 Å². The monoisotopic (exact) mass is 378 g/mol. The fourth-order valence-electron chi connectivity index (χ4n) is 3.36. The van der Waals surface area contributed by atoms with Crippen LogP contribution >= 0.6 is 0 Å².